The molecule has 0 spiro atoms. The molecule has 6 nitrogen and oxygen atoms in total. The zero-order valence-electron chi connectivity index (χ0n) is 18.3. The highest BCUT2D eigenvalue weighted by Crippen LogP contribution is 2.22. The second-order valence-corrected chi connectivity index (χ2v) is 7.37. The number of nitrogens with zero attached hydrogens (tertiary/aromatic N) is 1. The third-order valence-corrected chi connectivity index (χ3v) is 5.12. The van der Waals surface area contributed by atoms with Crippen molar-refractivity contribution in [3.05, 3.63) is 64.8 Å². The highest BCUT2D eigenvalue weighted by molar-refractivity contribution is 5.86. The molecule has 3 rings (SSSR count). The minimum atomic E-state index is 0.532. The van der Waals surface area contributed by atoms with Gasteiger partial charge in [-0.1, -0.05) is 24.3 Å². The predicted octanol–water partition coefficient (Wildman–Crippen LogP) is 3.72. The molecule has 30 heavy (non-hydrogen) atoms. The van der Waals surface area contributed by atoms with Crippen LogP contribution >= 0.6 is 0 Å². The van der Waals surface area contributed by atoms with Crippen molar-refractivity contribution in [3.63, 3.8) is 0 Å². The first-order valence-corrected chi connectivity index (χ1v) is 10.3. The maximum atomic E-state index is 5.88. The molecule has 0 aliphatic heterocycles. The standard InChI is InChI=1S/C24H32N4O2/c1-17-8-9-19(22(14-17)30-13-12-29-4)15-28-24(25-3)26-11-10-20-16-27-21-7-5-6-18(2)23(20)21/h5-9,14,16,27H,10-13,15H2,1-4H3,(H2,25,26,28). The van der Waals surface area contributed by atoms with Crippen LogP contribution in [0.3, 0.4) is 0 Å². The van der Waals surface area contributed by atoms with Gasteiger partial charge in [0.15, 0.2) is 5.96 Å². The van der Waals surface area contributed by atoms with E-state index in [4.69, 9.17) is 9.47 Å². The summed E-state index contributed by atoms with van der Waals surface area (Å²) in [6, 6.07) is 12.6. The van der Waals surface area contributed by atoms with Gasteiger partial charge in [-0.15, -0.1) is 0 Å². The Labute approximate surface area is 178 Å². The number of ether oxygens (including phenoxy) is 2. The number of nitrogens with one attached hydrogen (secondary N) is 3. The van der Waals surface area contributed by atoms with Crippen LogP contribution < -0.4 is 15.4 Å². The molecule has 0 atom stereocenters. The number of guanidine groups is 1. The number of hydrogen-bond donors (Lipinski definition) is 3. The molecule has 0 aliphatic rings. The van der Waals surface area contributed by atoms with Crippen LogP contribution in [0, 0.1) is 13.8 Å². The van der Waals surface area contributed by atoms with Crippen molar-refractivity contribution in [2.45, 2.75) is 26.8 Å². The molecule has 1 aromatic heterocycles. The fourth-order valence-electron chi connectivity index (χ4n) is 3.54. The molecule has 0 amide bonds. The predicted molar refractivity (Wildman–Crippen MR) is 123 cm³/mol. The zero-order valence-corrected chi connectivity index (χ0v) is 18.3. The number of H-pyrrole nitrogens is 1. The van der Waals surface area contributed by atoms with Gasteiger partial charge in [0.25, 0.3) is 0 Å². The van der Waals surface area contributed by atoms with Crippen molar-refractivity contribution in [2.75, 3.05) is 33.9 Å². The van der Waals surface area contributed by atoms with Crippen LogP contribution in [0.5, 0.6) is 5.75 Å². The van der Waals surface area contributed by atoms with Gasteiger partial charge in [0.05, 0.1) is 6.61 Å². The summed E-state index contributed by atoms with van der Waals surface area (Å²) in [5, 5.41) is 8.11. The fraction of sp³-hybridized carbons (Fsp3) is 0.375. The summed E-state index contributed by atoms with van der Waals surface area (Å²) in [7, 11) is 3.46. The number of methoxy groups -OCH3 is 1. The smallest absolute Gasteiger partial charge is 0.191 e. The van der Waals surface area contributed by atoms with Gasteiger partial charge in [0.1, 0.15) is 12.4 Å². The van der Waals surface area contributed by atoms with E-state index in [1.165, 1.54) is 27.6 Å². The van der Waals surface area contributed by atoms with Gasteiger partial charge in [-0.25, -0.2) is 0 Å². The number of aromatic amines is 1. The maximum absolute atomic E-state index is 5.88. The van der Waals surface area contributed by atoms with E-state index in [1.54, 1.807) is 14.2 Å². The summed E-state index contributed by atoms with van der Waals surface area (Å²) in [4.78, 5) is 7.71. The Kier molecular flexibility index (Phi) is 7.74. The Morgan fingerprint density at radius 2 is 1.93 bits per heavy atom. The Balaban J connectivity index is 1.55. The Bertz CT molecular complexity index is 994. The largest absolute Gasteiger partial charge is 0.491 e. The van der Waals surface area contributed by atoms with E-state index in [1.807, 2.05) is 0 Å². The van der Waals surface area contributed by atoms with Crippen molar-refractivity contribution in [3.8, 4) is 5.75 Å². The van der Waals surface area contributed by atoms with Gasteiger partial charge < -0.3 is 25.1 Å². The van der Waals surface area contributed by atoms with Crippen molar-refractivity contribution < 1.29 is 9.47 Å². The van der Waals surface area contributed by atoms with Gasteiger partial charge in [-0.3, -0.25) is 4.99 Å². The van der Waals surface area contributed by atoms with E-state index < -0.39 is 0 Å². The van der Waals surface area contributed by atoms with E-state index in [9.17, 15) is 0 Å². The summed E-state index contributed by atoms with van der Waals surface area (Å²) >= 11 is 0. The van der Waals surface area contributed by atoms with E-state index in [-0.39, 0.29) is 0 Å². The minimum absolute atomic E-state index is 0.532. The quantitative estimate of drug-likeness (QED) is 0.287. The van der Waals surface area contributed by atoms with Crippen molar-refractivity contribution in [1.29, 1.82) is 0 Å². The Morgan fingerprint density at radius 3 is 2.73 bits per heavy atom. The van der Waals surface area contributed by atoms with E-state index in [0.717, 1.165) is 30.2 Å². The van der Waals surface area contributed by atoms with Gasteiger partial charge in [0, 0.05) is 49.9 Å². The van der Waals surface area contributed by atoms with Crippen molar-refractivity contribution in [2.24, 2.45) is 4.99 Å². The SMILES string of the molecule is CN=C(NCCc1c[nH]c2cccc(C)c12)NCc1ccc(C)cc1OCCOC. The molecular weight excluding hydrogens is 376 g/mol. The molecule has 3 N–H and O–H groups in total. The first-order chi connectivity index (χ1) is 14.6. The topological polar surface area (TPSA) is 70.7 Å². The average Bonchev–Trinajstić information content (AvgIpc) is 3.16. The molecule has 0 unspecified atom stereocenters. The van der Waals surface area contributed by atoms with Crippen LogP contribution in [-0.2, 0) is 17.7 Å². The van der Waals surface area contributed by atoms with E-state index in [2.05, 4.69) is 77.1 Å². The van der Waals surface area contributed by atoms with Crippen LogP contribution in [0.2, 0.25) is 0 Å². The lowest BCUT2D eigenvalue weighted by Crippen LogP contribution is -2.37. The summed E-state index contributed by atoms with van der Waals surface area (Å²) < 4.78 is 11.0. The molecule has 0 radical (unpaired) electrons. The third-order valence-electron chi connectivity index (χ3n) is 5.12. The molecule has 6 heteroatoms. The summed E-state index contributed by atoms with van der Waals surface area (Å²) in [6.07, 6.45) is 3.02. The van der Waals surface area contributed by atoms with Gasteiger partial charge in [-0.2, -0.15) is 0 Å². The van der Waals surface area contributed by atoms with Crippen LogP contribution in [0.4, 0.5) is 0 Å². The number of hydrogen-bond acceptors (Lipinski definition) is 3. The highest BCUT2D eigenvalue weighted by Gasteiger charge is 2.08. The number of aromatic nitrogens is 1. The minimum Gasteiger partial charge on any atom is -0.491 e. The van der Waals surface area contributed by atoms with Crippen LogP contribution in [0.25, 0.3) is 10.9 Å². The fourth-order valence-corrected chi connectivity index (χ4v) is 3.54. The monoisotopic (exact) mass is 408 g/mol. The van der Waals surface area contributed by atoms with Crippen LogP contribution in [-0.4, -0.2) is 44.9 Å². The molecular formula is C24H32N4O2. The zero-order chi connectivity index (χ0) is 21.3. The third kappa shape index (κ3) is 5.54. The Hall–Kier alpha value is -2.99. The van der Waals surface area contributed by atoms with Gasteiger partial charge in [0.2, 0.25) is 0 Å². The first-order valence-electron chi connectivity index (χ1n) is 10.3. The highest BCUT2D eigenvalue weighted by atomic mass is 16.5. The number of benzene rings is 2. The molecule has 1 heterocycles. The molecule has 2 aromatic carbocycles. The van der Waals surface area contributed by atoms with Gasteiger partial charge >= 0.3 is 0 Å². The van der Waals surface area contributed by atoms with Crippen LogP contribution in [0.1, 0.15) is 22.3 Å². The van der Waals surface area contributed by atoms with Crippen molar-refractivity contribution in [1.82, 2.24) is 15.6 Å². The molecule has 0 aliphatic carbocycles. The second-order valence-electron chi connectivity index (χ2n) is 7.37. The lowest BCUT2D eigenvalue weighted by molar-refractivity contribution is 0.145. The summed E-state index contributed by atoms with van der Waals surface area (Å²) in [5.41, 5.74) is 6.06. The number of fused-ring (bicyclic) bond motifs is 1. The lowest BCUT2D eigenvalue weighted by Gasteiger charge is -2.15. The molecule has 0 fully saturated rings. The molecule has 3 aromatic rings. The first kappa shape index (κ1) is 21.7. The van der Waals surface area contributed by atoms with E-state index in [0.29, 0.717) is 19.8 Å². The second kappa shape index (κ2) is 10.7. The van der Waals surface area contributed by atoms with Crippen molar-refractivity contribution >= 4 is 16.9 Å². The molecule has 160 valence electrons. The number of rotatable bonds is 9. The molecule has 0 saturated carbocycles. The molecule has 0 saturated heterocycles. The summed E-state index contributed by atoms with van der Waals surface area (Å²) in [6.45, 7) is 6.75. The van der Waals surface area contributed by atoms with E-state index >= 15 is 0 Å². The normalized spacial score (nSPS) is 11.7. The summed E-state index contributed by atoms with van der Waals surface area (Å²) in [5.74, 6) is 1.65. The van der Waals surface area contributed by atoms with Gasteiger partial charge in [-0.05, 0) is 49.1 Å². The maximum Gasteiger partial charge on any atom is 0.191 e. The lowest BCUT2D eigenvalue weighted by atomic mass is 10.1. The van der Waals surface area contributed by atoms with Crippen LogP contribution in [0.15, 0.2) is 47.6 Å². The molecule has 0 bridgehead atoms. The number of aryl methyl sites for hydroxylation is 2. The average molecular weight is 409 g/mol. The number of aliphatic imine (C=N–C) groups is 1. The Morgan fingerprint density at radius 1 is 1.07 bits per heavy atom.